The Morgan fingerprint density at radius 3 is 2.40 bits per heavy atom. The molecule has 2 aromatic carbocycles. The number of hydrogen-bond acceptors (Lipinski definition) is 4. The summed E-state index contributed by atoms with van der Waals surface area (Å²) < 4.78 is 5.38. The van der Waals surface area contributed by atoms with E-state index >= 15 is 0 Å². The monoisotopic (exact) mass is 340 g/mol. The van der Waals surface area contributed by atoms with Gasteiger partial charge in [0.15, 0.2) is 6.10 Å². The molecule has 5 heteroatoms. The number of carbonyl (C=O) groups excluding carboxylic acids is 2. The molecule has 3 N–H and O–H groups in total. The summed E-state index contributed by atoms with van der Waals surface area (Å²) in [6.07, 6.45) is 0.341. The Morgan fingerprint density at radius 2 is 1.80 bits per heavy atom. The number of para-hydroxylation sites is 1. The summed E-state index contributed by atoms with van der Waals surface area (Å²) in [5.74, 6) is -0.863. The van der Waals surface area contributed by atoms with Crippen LogP contribution in [0.15, 0.2) is 42.5 Å². The highest BCUT2D eigenvalue weighted by Gasteiger charge is 2.23. The highest BCUT2D eigenvalue weighted by Crippen LogP contribution is 2.22. The fourth-order valence-electron chi connectivity index (χ4n) is 2.54. The number of rotatable bonds is 6. The van der Waals surface area contributed by atoms with Crippen molar-refractivity contribution < 1.29 is 14.3 Å². The van der Waals surface area contributed by atoms with Gasteiger partial charge in [0.1, 0.15) is 0 Å². The van der Waals surface area contributed by atoms with E-state index in [1.165, 1.54) is 0 Å². The lowest BCUT2D eigenvalue weighted by molar-refractivity contribution is -0.124. The van der Waals surface area contributed by atoms with E-state index in [0.717, 1.165) is 23.2 Å². The van der Waals surface area contributed by atoms with Gasteiger partial charge in [0.2, 0.25) is 0 Å². The van der Waals surface area contributed by atoms with Crippen molar-refractivity contribution in [3.63, 3.8) is 0 Å². The SMILES string of the molecule is CCc1cccc(C)c1NC(=O)C(CC)OC(=O)c1ccc(N)cc1. The van der Waals surface area contributed by atoms with Crippen molar-refractivity contribution in [2.24, 2.45) is 0 Å². The molecular weight excluding hydrogens is 316 g/mol. The van der Waals surface area contributed by atoms with Crippen LogP contribution in [0.25, 0.3) is 0 Å². The number of nitrogens with two attached hydrogens (primary N) is 1. The van der Waals surface area contributed by atoms with Crippen molar-refractivity contribution >= 4 is 23.3 Å². The van der Waals surface area contributed by atoms with Crippen molar-refractivity contribution in [2.45, 2.75) is 39.7 Å². The predicted octanol–water partition coefficient (Wildman–Crippen LogP) is 3.71. The standard InChI is InChI=1S/C20H24N2O3/c1-4-14-8-6-7-13(3)18(14)22-19(23)17(5-2)25-20(24)15-9-11-16(21)12-10-15/h6-12,17H,4-5,21H2,1-3H3,(H,22,23). The molecule has 0 aliphatic rings. The first-order valence-corrected chi connectivity index (χ1v) is 8.42. The second-order valence-electron chi connectivity index (χ2n) is 5.88. The maximum atomic E-state index is 12.6. The van der Waals surface area contributed by atoms with E-state index in [1.54, 1.807) is 31.2 Å². The first-order chi connectivity index (χ1) is 12.0. The molecule has 0 saturated heterocycles. The Balaban J connectivity index is 2.11. The highest BCUT2D eigenvalue weighted by atomic mass is 16.5. The fraction of sp³-hybridized carbons (Fsp3) is 0.300. The van der Waals surface area contributed by atoms with Crippen LogP contribution in [0.2, 0.25) is 0 Å². The quantitative estimate of drug-likeness (QED) is 0.620. The van der Waals surface area contributed by atoms with Crippen LogP contribution in [0.4, 0.5) is 11.4 Å². The second-order valence-corrected chi connectivity index (χ2v) is 5.88. The summed E-state index contributed by atoms with van der Waals surface area (Å²) in [5, 5.41) is 2.91. The number of nitrogens with one attached hydrogen (secondary N) is 1. The number of benzene rings is 2. The van der Waals surface area contributed by atoms with Crippen LogP contribution in [0.3, 0.4) is 0 Å². The van der Waals surface area contributed by atoms with Crippen LogP contribution in [0.5, 0.6) is 0 Å². The molecule has 0 saturated carbocycles. The van der Waals surface area contributed by atoms with Crippen molar-refractivity contribution in [1.82, 2.24) is 0 Å². The van der Waals surface area contributed by atoms with E-state index in [-0.39, 0.29) is 5.91 Å². The lowest BCUT2D eigenvalue weighted by Crippen LogP contribution is -2.32. The van der Waals surface area contributed by atoms with Crippen molar-refractivity contribution in [3.8, 4) is 0 Å². The Labute approximate surface area is 148 Å². The Bertz CT molecular complexity index is 754. The molecule has 2 rings (SSSR count). The van der Waals surface area contributed by atoms with Crippen LogP contribution < -0.4 is 11.1 Å². The van der Waals surface area contributed by atoms with Gasteiger partial charge in [0, 0.05) is 11.4 Å². The van der Waals surface area contributed by atoms with Crippen LogP contribution in [-0.2, 0) is 16.0 Å². The number of amides is 1. The minimum Gasteiger partial charge on any atom is -0.449 e. The van der Waals surface area contributed by atoms with Gasteiger partial charge in [-0.3, -0.25) is 4.79 Å². The number of aryl methyl sites for hydroxylation is 2. The number of esters is 1. The Morgan fingerprint density at radius 1 is 1.12 bits per heavy atom. The molecule has 2 aromatic rings. The molecule has 0 fully saturated rings. The molecule has 25 heavy (non-hydrogen) atoms. The molecule has 0 spiro atoms. The number of nitrogen functional groups attached to an aromatic ring is 1. The third kappa shape index (κ3) is 4.59. The first kappa shape index (κ1) is 18.5. The van der Waals surface area contributed by atoms with Gasteiger partial charge in [-0.15, -0.1) is 0 Å². The minimum atomic E-state index is -0.852. The van der Waals surface area contributed by atoms with E-state index in [1.807, 2.05) is 32.0 Å². The number of hydrogen-bond donors (Lipinski definition) is 2. The average molecular weight is 340 g/mol. The lowest BCUT2D eigenvalue weighted by Gasteiger charge is -2.18. The van der Waals surface area contributed by atoms with Gasteiger partial charge < -0.3 is 15.8 Å². The number of carbonyl (C=O) groups is 2. The van der Waals surface area contributed by atoms with Crippen LogP contribution in [0.1, 0.15) is 41.8 Å². The van der Waals surface area contributed by atoms with Crippen molar-refractivity contribution in [1.29, 1.82) is 0 Å². The van der Waals surface area contributed by atoms with Crippen LogP contribution in [0, 0.1) is 6.92 Å². The summed E-state index contributed by atoms with van der Waals surface area (Å²) in [6, 6.07) is 12.3. The third-order valence-corrected chi connectivity index (χ3v) is 4.05. The molecule has 0 bridgehead atoms. The first-order valence-electron chi connectivity index (χ1n) is 8.42. The average Bonchev–Trinajstić information content (AvgIpc) is 2.61. The molecule has 5 nitrogen and oxygen atoms in total. The van der Waals surface area contributed by atoms with Gasteiger partial charge in [-0.1, -0.05) is 32.0 Å². The molecule has 1 unspecified atom stereocenters. The number of ether oxygens (including phenoxy) is 1. The molecule has 0 radical (unpaired) electrons. The van der Waals surface area contributed by atoms with Gasteiger partial charge in [-0.2, -0.15) is 0 Å². The van der Waals surface area contributed by atoms with Crippen molar-refractivity contribution in [2.75, 3.05) is 11.1 Å². The van der Waals surface area contributed by atoms with Crippen LogP contribution >= 0.6 is 0 Å². The molecule has 1 amide bonds. The van der Waals surface area contributed by atoms with Crippen molar-refractivity contribution in [3.05, 3.63) is 59.2 Å². The minimum absolute atomic E-state index is 0.324. The normalized spacial score (nSPS) is 11.6. The van der Waals surface area contributed by atoms with E-state index in [0.29, 0.717) is 17.7 Å². The molecular formula is C20H24N2O3. The maximum absolute atomic E-state index is 12.6. The summed E-state index contributed by atoms with van der Waals surface area (Å²) in [7, 11) is 0. The zero-order valence-electron chi connectivity index (χ0n) is 14.8. The Hall–Kier alpha value is -2.82. The summed E-state index contributed by atoms with van der Waals surface area (Å²) in [6.45, 7) is 5.78. The predicted molar refractivity (Wildman–Crippen MR) is 99.5 cm³/mol. The lowest BCUT2D eigenvalue weighted by atomic mass is 10.1. The summed E-state index contributed by atoms with van der Waals surface area (Å²) >= 11 is 0. The van der Waals surface area contributed by atoms with E-state index in [4.69, 9.17) is 10.5 Å². The highest BCUT2D eigenvalue weighted by molar-refractivity contribution is 5.98. The van der Waals surface area contributed by atoms with Gasteiger partial charge in [-0.05, 0) is 55.2 Å². The second kappa shape index (κ2) is 8.33. The Kier molecular flexibility index (Phi) is 6.17. The zero-order valence-corrected chi connectivity index (χ0v) is 14.8. The maximum Gasteiger partial charge on any atom is 0.338 e. The third-order valence-electron chi connectivity index (χ3n) is 4.05. The molecule has 0 aliphatic heterocycles. The van der Waals surface area contributed by atoms with Gasteiger partial charge in [0.25, 0.3) is 5.91 Å². The topological polar surface area (TPSA) is 81.4 Å². The molecule has 0 heterocycles. The smallest absolute Gasteiger partial charge is 0.338 e. The number of anilines is 2. The van der Waals surface area contributed by atoms with E-state index in [9.17, 15) is 9.59 Å². The van der Waals surface area contributed by atoms with Crippen LogP contribution in [-0.4, -0.2) is 18.0 Å². The summed E-state index contributed by atoms with van der Waals surface area (Å²) in [5.41, 5.74) is 9.36. The van der Waals surface area contributed by atoms with Gasteiger partial charge in [0.05, 0.1) is 5.56 Å². The van der Waals surface area contributed by atoms with Gasteiger partial charge >= 0.3 is 5.97 Å². The summed E-state index contributed by atoms with van der Waals surface area (Å²) in [4.78, 5) is 24.8. The molecule has 132 valence electrons. The fourth-order valence-corrected chi connectivity index (χ4v) is 2.54. The van der Waals surface area contributed by atoms with Gasteiger partial charge in [-0.25, -0.2) is 4.79 Å². The largest absolute Gasteiger partial charge is 0.449 e. The zero-order chi connectivity index (χ0) is 18.4. The molecule has 1 atom stereocenters. The molecule has 0 aliphatic carbocycles. The van der Waals surface area contributed by atoms with E-state index in [2.05, 4.69) is 5.32 Å². The van der Waals surface area contributed by atoms with E-state index < -0.39 is 12.1 Å². The molecule has 0 aromatic heterocycles.